The quantitative estimate of drug-likeness (QED) is 0.376. The van der Waals surface area contributed by atoms with Crippen LogP contribution in [0, 0.1) is 0 Å². The van der Waals surface area contributed by atoms with Crippen LogP contribution >= 0.6 is 23.2 Å². The second-order valence-electron chi connectivity index (χ2n) is 2.31. The summed E-state index contributed by atoms with van der Waals surface area (Å²) in [5.74, 6) is 0.711. The maximum atomic E-state index is 5.76. The van der Waals surface area contributed by atoms with Crippen LogP contribution in [0.3, 0.4) is 0 Å². The molecule has 0 aliphatic heterocycles. The molecule has 0 saturated carbocycles. The fourth-order valence-corrected chi connectivity index (χ4v) is 0.633. The van der Waals surface area contributed by atoms with Crippen LogP contribution in [-0.2, 0) is 4.74 Å². The molecule has 0 bridgehead atoms. The predicted octanol–water partition coefficient (Wildman–Crippen LogP) is 3.62. The van der Waals surface area contributed by atoms with E-state index in [1.54, 1.807) is 0 Å². The van der Waals surface area contributed by atoms with E-state index < -0.39 is 10.8 Å². The fraction of sp³-hybridized carbons (Fsp3) is 0.200. The topological polar surface area (TPSA) is 9.23 Å². The van der Waals surface area contributed by atoms with E-state index in [0.717, 1.165) is 0 Å². The Morgan fingerprint density at radius 3 is 1.54 bits per heavy atom. The van der Waals surface area contributed by atoms with Gasteiger partial charge < -0.3 is 4.74 Å². The van der Waals surface area contributed by atoms with Crippen molar-refractivity contribution in [2.24, 2.45) is 0 Å². The molecule has 0 aromatic carbocycles. The molecule has 0 aliphatic carbocycles. The van der Waals surface area contributed by atoms with Crippen molar-refractivity contribution in [3.63, 3.8) is 0 Å². The van der Waals surface area contributed by atoms with Gasteiger partial charge in [0.1, 0.15) is 22.3 Å². The molecule has 2 unspecified atom stereocenters. The highest BCUT2D eigenvalue weighted by molar-refractivity contribution is 6.24. The Labute approximate surface area is 89.0 Å². The zero-order valence-corrected chi connectivity index (χ0v) is 8.81. The van der Waals surface area contributed by atoms with E-state index in [4.69, 9.17) is 27.9 Å². The van der Waals surface area contributed by atoms with Crippen LogP contribution in [0.4, 0.5) is 0 Å². The first-order valence-electron chi connectivity index (χ1n) is 3.61. The molecule has 0 saturated heterocycles. The van der Waals surface area contributed by atoms with Gasteiger partial charge in [-0.2, -0.15) is 0 Å². The highest BCUT2D eigenvalue weighted by atomic mass is 35.5. The molecular weight excluding hydrogens is 207 g/mol. The van der Waals surface area contributed by atoms with Crippen LogP contribution in [0.2, 0.25) is 0 Å². The molecule has 2 atom stereocenters. The SMILES string of the molecule is C=CC(Cl)C(=C)OC(=C)C(Cl)C=C. The van der Waals surface area contributed by atoms with Gasteiger partial charge in [0.2, 0.25) is 0 Å². The second kappa shape index (κ2) is 5.90. The van der Waals surface area contributed by atoms with E-state index in [-0.39, 0.29) is 0 Å². The summed E-state index contributed by atoms with van der Waals surface area (Å²) < 4.78 is 5.16. The summed E-state index contributed by atoms with van der Waals surface area (Å²) in [5, 5.41) is -0.879. The summed E-state index contributed by atoms with van der Waals surface area (Å²) in [6.07, 6.45) is 3.02. The number of halogens is 2. The van der Waals surface area contributed by atoms with Gasteiger partial charge in [-0.3, -0.25) is 0 Å². The summed E-state index contributed by atoms with van der Waals surface area (Å²) in [7, 11) is 0. The number of rotatable bonds is 6. The summed E-state index contributed by atoms with van der Waals surface area (Å²) in [6.45, 7) is 14.2. The van der Waals surface area contributed by atoms with Crippen LogP contribution in [0.5, 0.6) is 0 Å². The number of allylic oxidation sites excluding steroid dienone is 2. The molecule has 0 aliphatic rings. The van der Waals surface area contributed by atoms with Crippen LogP contribution in [0.25, 0.3) is 0 Å². The minimum atomic E-state index is -0.439. The fourth-order valence-electron chi connectivity index (χ4n) is 0.544. The zero-order chi connectivity index (χ0) is 10.4. The molecule has 0 heterocycles. The lowest BCUT2D eigenvalue weighted by molar-refractivity contribution is 0.299. The van der Waals surface area contributed by atoms with Gasteiger partial charge >= 0.3 is 0 Å². The minimum absolute atomic E-state index is 0.356. The molecule has 0 rings (SSSR count). The van der Waals surface area contributed by atoms with E-state index in [9.17, 15) is 0 Å². The van der Waals surface area contributed by atoms with Gasteiger partial charge in [-0.25, -0.2) is 0 Å². The zero-order valence-electron chi connectivity index (χ0n) is 7.30. The smallest absolute Gasteiger partial charge is 0.118 e. The van der Waals surface area contributed by atoms with Crippen molar-refractivity contribution in [3.05, 3.63) is 50.0 Å². The number of alkyl halides is 2. The number of ether oxygens (including phenoxy) is 1. The molecule has 0 aromatic rings. The van der Waals surface area contributed by atoms with E-state index in [0.29, 0.717) is 11.5 Å². The molecule has 0 fully saturated rings. The Kier molecular flexibility index (Phi) is 5.60. The standard InChI is InChI=1S/C10H12Cl2O/c1-5-9(11)7(3)13-8(4)10(12)6-2/h5-6,9-10H,1-4H2. The Balaban J connectivity index is 4.13. The highest BCUT2D eigenvalue weighted by Crippen LogP contribution is 2.18. The summed E-state index contributed by atoms with van der Waals surface area (Å²) in [5.41, 5.74) is 0. The third-order valence-corrected chi connectivity index (χ3v) is 2.13. The van der Waals surface area contributed by atoms with E-state index in [1.807, 2.05) is 0 Å². The molecular formula is C10H12Cl2O. The highest BCUT2D eigenvalue weighted by Gasteiger charge is 2.11. The predicted molar refractivity (Wildman–Crippen MR) is 59.0 cm³/mol. The van der Waals surface area contributed by atoms with Gasteiger partial charge in [-0.15, -0.1) is 36.4 Å². The molecule has 0 amide bonds. The number of hydrogen-bond donors (Lipinski definition) is 0. The normalized spacial score (nSPS) is 14.0. The van der Waals surface area contributed by atoms with E-state index >= 15 is 0 Å². The van der Waals surface area contributed by atoms with Crippen molar-refractivity contribution < 1.29 is 4.74 Å². The van der Waals surface area contributed by atoms with Crippen LogP contribution in [0.15, 0.2) is 50.0 Å². The Morgan fingerprint density at radius 1 is 1.00 bits per heavy atom. The number of hydrogen-bond acceptors (Lipinski definition) is 1. The van der Waals surface area contributed by atoms with Crippen molar-refractivity contribution >= 4 is 23.2 Å². The first-order chi connectivity index (χ1) is 6.02. The molecule has 3 heteroatoms. The molecule has 0 radical (unpaired) electrons. The van der Waals surface area contributed by atoms with Gasteiger partial charge in [0.05, 0.1) is 0 Å². The van der Waals surface area contributed by atoms with Crippen LogP contribution in [-0.4, -0.2) is 10.8 Å². The minimum Gasteiger partial charge on any atom is -0.464 e. The van der Waals surface area contributed by atoms with Gasteiger partial charge in [0, 0.05) is 0 Å². The molecule has 72 valence electrons. The lowest BCUT2D eigenvalue weighted by Gasteiger charge is -2.14. The van der Waals surface area contributed by atoms with Gasteiger partial charge in [0.25, 0.3) is 0 Å². The van der Waals surface area contributed by atoms with Gasteiger partial charge in [0.15, 0.2) is 0 Å². The molecule has 0 aromatic heterocycles. The van der Waals surface area contributed by atoms with Crippen molar-refractivity contribution in [1.29, 1.82) is 0 Å². The lowest BCUT2D eigenvalue weighted by Crippen LogP contribution is -2.07. The van der Waals surface area contributed by atoms with Crippen molar-refractivity contribution in [3.8, 4) is 0 Å². The van der Waals surface area contributed by atoms with Crippen molar-refractivity contribution in [2.75, 3.05) is 0 Å². The molecule has 0 N–H and O–H groups in total. The van der Waals surface area contributed by atoms with Crippen molar-refractivity contribution in [1.82, 2.24) is 0 Å². The van der Waals surface area contributed by atoms with E-state index in [1.165, 1.54) is 12.2 Å². The van der Waals surface area contributed by atoms with Gasteiger partial charge in [-0.05, 0) is 0 Å². The third kappa shape index (κ3) is 4.20. The largest absolute Gasteiger partial charge is 0.464 e. The second-order valence-corrected chi connectivity index (χ2v) is 3.25. The van der Waals surface area contributed by atoms with Crippen molar-refractivity contribution in [2.45, 2.75) is 10.8 Å². The average Bonchev–Trinajstić information content (AvgIpc) is 2.14. The summed E-state index contributed by atoms with van der Waals surface area (Å²) in [6, 6.07) is 0. The molecule has 13 heavy (non-hydrogen) atoms. The average molecular weight is 219 g/mol. The third-order valence-electron chi connectivity index (χ3n) is 1.29. The summed E-state index contributed by atoms with van der Waals surface area (Å²) >= 11 is 11.5. The van der Waals surface area contributed by atoms with Crippen LogP contribution in [0.1, 0.15) is 0 Å². The first kappa shape index (κ1) is 12.3. The Bertz CT molecular complexity index is 209. The monoisotopic (exact) mass is 218 g/mol. The van der Waals surface area contributed by atoms with Crippen LogP contribution < -0.4 is 0 Å². The Hall–Kier alpha value is -0.660. The first-order valence-corrected chi connectivity index (χ1v) is 4.49. The molecule has 0 spiro atoms. The summed E-state index contributed by atoms with van der Waals surface area (Å²) in [4.78, 5) is 0. The maximum Gasteiger partial charge on any atom is 0.118 e. The Morgan fingerprint density at radius 2 is 1.31 bits per heavy atom. The lowest BCUT2D eigenvalue weighted by atomic mass is 10.3. The molecule has 1 nitrogen and oxygen atoms in total. The van der Waals surface area contributed by atoms with Gasteiger partial charge in [-0.1, -0.05) is 25.3 Å². The maximum absolute atomic E-state index is 5.76. The van der Waals surface area contributed by atoms with E-state index in [2.05, 4.69) is 26.3 Å².